The van der Waals surface area contributed by atoms with Crippen molar-refractivity contribution in [2.24, 2.45) is 0 Å². The van der Waals surface area contributed by atoms with Gasteiger partial charge in [-0.3, -0.25) is 9.59 Å². The SMILES string of the molecule is CCCC(CC(=O)O)NC(=O)C(C)S(C)(=O)=O. The van der Waals surface area contributed by atoms with Crippen LogP contribution in [0.4, 0.5) is 0 Å². The number of rotatable bonds is 7. The summed E-state index contributed by atoms with van der Waals surface area (Å²) in [6.45, 7) is 3.15. The number of hydrogen-bond acceptors (Lipinski definition) is 4. The largest absolute Gasteiger partial charge is 0.481 e. The summed E-state index contributed by atoms with van der Waals surface area (Å²) in [5.41, 5.74) is 0. The van der Waals surface area contributed by atoms with E-state index in [1.54, 1.807) is 0 Å². The monoisotopic (exact) mass is 265 g/mol. The highest BCUT2D eigenvalue weighted by atomic mass is 32.2. The molecule has 2 atom stereocenters. The van der Waals surface area contributed by atoms with Crippen molar-refractivity contribution in [3.63, 3.8) is 0 Å². The minimum Gasteiger partial charge on any atom is -0.481 e. The molecule has 2 N–H and O–H groups in total. The van der Waals surface area contributed by atoms with E-state index in [-0.39, 0.29) is 6.42 Å². The van der Waals surface area contributed by atoms with Gasteiger partial charge in [0.2, 0.25) is 5.91 Å². The van der Waals surface area contributed by atoms with E-state index in [0.29, 0.717) is 12.8 Å². The molecule has 0 aliphatic rings. The first-order valence-corrected chi connectivity index (χ1v) is 7.35. The van der Waals surface area contributed by atoms with E-state index in [1.165, 1.54) is 6.92 Å². The van der Waals surface area contributed by atoms with Crippen LogP contribution in [-0.2, 0) is 19.4 Å². The van der Waals surface area contributed by atoms with Crippen molar-refractivity contribution in [3.05, 3.63) is 0 Å². The van der Waals surface area contributed by atoms with Gasteiger partial charge in [0.1, 0.15) is 5.25 Å². The molecular weight excluding hydrogens is 246 g/mol. The number of aliphatic carboxylic acids is 1. The number of carboxylic acid groups (broad SMARTS) is 1. The fourth-order valence-electron chi connectivity index (χ4n) is 1.30. The Balaban J connectivity index is 4.55. The smallest absolute Gasteiger partial charge is 0.305 e. The molecule has 7 heteroatoms. The Hall–Kier alpha value is -1.11. The van der Waals surface area contributed by atoms with Crippen molar-refractivity contribution in [2.45, 2.75) is 44.4 Å². The number of sulfone groups is 1. The molecule has 0 saturated heterocycles. The third-order valence-electron chi connectivity index (χ3n) is 2.42. The predicted octanol–water partition coefficient (Wildman–Crippen LogP) is 0.179. The maximum atomic E-state index is 11.6. The van der Waals surface area contributed by atoms with Crippen molar-refractivity contribution < 1.29 is 23.1 Å². The van der Waals surface area contributed by atoms with Crippen LogP contribution in [-0.4, -0.2) is 42.9 Å². The third kappa shape index (κ3) is 6.25. The minimum atomic E-state index is -3.45. The van der Waals surface area contributed by atoms with Crippen LogP contribution in [0.2, 0.25) is 0 Å². The number of hydrogen-bond donors (Lipinski definition) is 2. The van der Waals surface area contributed by atoms with Crippen LogP contribution < -0.4 is 5.32 Å². The highest BCUT2D eigenvalue weighted by Crippen LogP contribution is 2.05. The average Bonchev–Trinajstić information content (AvgIpc) is 2.14. The lowest BCUT2D eigenvalue weighted by atomic mass is 10.1. The molecule has 6 nitrogen and oxygen atoms in total. The minimum absolute atomic E-state index is 0.198. The first-order valence-electron chi connectivity index (χ1n) is 5.39. The summed E-state index contributed by atoms with van der Waals surface area (Å²) in [5, 5.41) is 9.95. The van der Waals surface area contributed by atoms with Crippen molar-refractivity contribution in [1.29, 1.82) is 0 Å². The second-order valence-electron chi connectivity index (χ2n) is 4.06. The molecule has 0 saturated carbocycles. The van der Waals surface area contributed by atoms with Gasteiger partial charge in [0.05, 0.1) is 6.42 Å². The lowest BCUT2D eigenvalue weighted by Crippen LogP contribution is -2.43. The van der Waals surface area contributed by atoms with Crippen molar-refractivity contribution >= 4 is 21.7 Å². The molecule has 2 unspecified atom stereocenters. The maximum Gasteiger partial charge on any atom is 0.305 e. The number of carbonyl (C=O) groups excluding carboxylic acids is 1. The summed E-state index contributed by atoms with van der Waals surface area (Å²) < 4.78 is 22.3. The first kappa shape index (κ1) is 15.9. The second kappa shape index (κ2) is 6.58. The highest BCUT2D eigenvalue weighted by Gasteiger charge is 2.26. The number of amides is 1. The normalized spacial score (nSPS) is 15.0. The van der Waals surface area contributed by atoms with Crippen molar-refractivity contribution in [2.75, 3.05) is 6.26 Å². The standard InChI is InChI=1S/C10H19NO5S/c1-4-5-8(6-9(12)13)11-10(14)7(2)17(3,15)16/h7-8H,4-6H2,1-3H3,(H,11,14)(H,12,13). The molecule has 0 aromatic heterocycles. The van der Waals surface area contributed by atoms with Gasteiger partial charge in [0.15, 0.2) is 9.84 Å². The quantitative estimate of drug-likeness (QED) is 0.684. The zero-order valence-corrected chi connectivity index (χ0v) is 11.1. The molecule has 0 bridgehead atoms. The van der Waals surface area contributed by atoms with E-state index in [9.17, 15) is 18.0 Å². The Bertz CT molecular complexity index is 376. The van der Waals surface area contributed by atoms with Crippen LogP contribution in [0.1, 0.15) is 33.1 Å². The lowest BCUT2D eigenvalue weighted by Gasteiger charge is -2.18. The van der Waals surface area contributed by atoms with Crippen LogP contribution in [0.3, 0.4) is 0 Å². The van der Waals surface area contributed by atoms with Gasteiger partial charge >= 0.3 is 5.97 Å². The van der Waals surface area contributed by atoms with Gasteiger partial charge in [-0.1, -0.05) is 13.3 Å². The summed E-state index contributed by atoms with van der Waals surface area (Å²) in [7, 11) is -3.45. The molecule has 0 aliphatic carbocycles. The molecule has 0 aliphatic heterocycles. The van der Waals surface area contributed by atoms with Gasteiger partial charge in [0, 0.05) is 12.3 Å². The van der Waals surface area contributed by atoms with Gasteiger partial charge in [-0.2, -0.15) is 0 Å². The Morgan fingerprint density at radius 1 is 1.35 bits per heavy atom. The maximum absolute atomic E-state index is 11.6. The van der Waals surface area contributed by atoms with Gasteiger partial charge in [-0.05, 0) is 13.3 Å². The topological polar surface area (TPSA) is 101 Å². The van der Waals surface area contributed by atoms with Crippen molar-refractivity contribution in [1.82, 2.24) is 5.32 Å². The molecule has 100 valence electrons. The molecule has 0 heterocycles. The number of carboxylic acids is 1. The Kier molecular flexibility index (Phi) is 6.15. The van der Waals surface area contributed by atoms with E-state index in [4.69, 9.17) is 5.11 Å². The summed E-state index contributed by atoms with van der Waals surface area (Å²) >= 11 is 0. The van der Waals surface area contributed by atoms with Gasteiger partial charge < -0.3 is 10.4 Å². The zero-order valence-electron chi connectivity index (χ0n) is 10.3. The van der Waals surface area contributed by atoms with Crippen LogP contribution in [0, 0.1) is 0 Å². The Morgan fingerprint density at radius 2 is 1.88 bits per heavy atom. The Labute approximate surface area is 101 Å². The van der Waals surface area contributed by atoms with Gasteiger partial charge in [0.25, 0.3) is 0 Å². The molecule has 1 amide bonds. The molecule has 0 radical (unpaired) electrons. The molecule has 17 heavy (non-hydrogen) atoms. The fraction of sp³-hybridized carbons (Fsp3) is 0.800. The average molecular weight is 265 g/mol. The highest BCUT2D eigenvalue weighted by molar-refractivity contribution is 7.92. The van der Waals surface area contributed by atoms with E-state index in [0.717, 1.165) is 6.26 Å². The molecule has 0 fully saturated rings. The fourth-order valence-corrected chi connectivity index (χ4v) is 1.75. The molecule has 0 aromatic carbocycles. The number of carbonyl (C=O) groups is 2. The molecule has 0 spiro atoms. The second-order valence-corrected chi connectivity index (χ2v) is 6.43. The zero-order chi connectivity index (χ0) is 13.6. The summed E-state index contributed by atoms with van der Waals surface area (Å²) in [4.78, 5) is 22.1. The van der Waals surface area contributed by atoms with E-state index >= 15 is 0 Å². The first-order chi connectivity index (χ1) is 7.68. The van der Waals surface area contributed by atoms with Crippen LogP contribution >= 0.6 is 0 Å². The van der Waals surface area contributed by atoms with Crippen LogP contribution in [0.5, 0.6) is 0 Å². The summed E-state index contributed by atoms with van der Waals surface area (Å²) in [5.74, 6) is -1.66. The molecule has 0 rings (SSSR count). The van der Waals surface area contributed by atoms with E-state index in [2.05, 4.69) is 5.32 Å². The van der Waals surface area contributed by atoms with E-state index in [1.807, 2.05) is 6.92 Å². The van der Waals surface area contributed by atoms with Crippen LogP contribution in [0.25, 0.3) is 0 Å². The predicted molar refractivity (Wildman–Crippen MR) is 63.4 cm³/mol. The molecular formula is C10H19NO5S. The van der Waals surface area contributed by atoms with Crippen molar-refractivity contribution in [3.8, 4) is 0 Å². The van der Waals surface area contributed by atoms with Crippen LogP contribution in [0.15, 0.2) is 0 Å². The summed E-state index contributed by atoms with van der Waals surface area (Å²) in [6, 6.07) is -0.519. The van der Waals surface area contributed by atoms with Gasteiger partial charge in [-0.15, -0.1) is 0 Å². The third-order valence-corrected chi connectivity index (χ3v) is 3.91. The van der Waals surface area contributed by atoms with E-state index < -0.39 is 33.0 Å². The lowest BCUT2D eigenvalue weighted by molar-refractivity contribution is -0.137. The summed E-state index contributed by atoms with van der Waals surface area (Å²) in [6.07, 6.45) is 2.00. The Morgan fingerprint density at radius 3 is 2.24 bits per heavy atom. The van der Waals surface area contributed by atoms with Gasteiger partial charge in [-0.25, -0.2) is 8.42 Å². The molecule has 0 aromatic rings. The number of nitrogens with one attached hydrogen (secondary N) is 1.